The average molecular weight is 617 g/mol. The van der Waals surface area contributed by atoms with Gasteiger partial charge in [0.25, 0.3) is 6.29 Å². The molecule has 0 saturated carbocycles. The minimum Gasteiger partial charge on any atom is -0.477 e. The third-order valence-electron chi connectivity index (χ3n) is 7.36. The molecule has 0 amide bonds. The first-order valence-electron chi connectivity index (χ1n) is 17.2. The molecule has 0 fully saturated rings. The quantitative estimate of drug-likeness (QED) is 0.0371. The molecule has 0 heterocycles. The molecule has 0 aliphatic heterocycles. The van der Waals surface area contributed by atoms with Gasteiger partial charge in [-0.15, -0.1) is 0 Å². The van der Waals surface area contributed by atoms with Crippen LogP contribution in [0.5, 0.6) is 0 Å². The number of quaternary nitrogens is 1. The molecule has 43 heavy (non-hydrogen) atoms. The monoisotopic (exact) mass is 616 g/mol. The molecular weight excluding hydrogens is 550 g/mol. The van der Waals surface area contributed by atoms with E-state index in [9.17, 15) is 19.5 Å². The number of rotatable bonds is 31. The zero-order valence-corrected chi connectivity index (χ0v) is 28.4. The number of carboxylic acid groups (broad SMARTS) is 1. The molecule has 2 unspecified atom stereocenters. The molecule has 9 heteroatoms. The van der Waals surface area contributed by atoms with E-state index in [-0.39, 0.29) is 32.2 Å². The lowest BCUT2D eigenvalue weighted by Gasteiger charge is -2.25. The summed E-state index contributed by atoms with van der Waals surface area (Å²) < 4.78 is 22.5. The fraction of sp³-hybridized carbons (Fsp3) is 0.912. The van der Waals surface area contributed by atoms with Crippen molar-refractivity contribution in [1.29, 1.82) is 0 Å². The van der Waals surface area contributed by atoms with Crippen LogP contribution in [0.3, 0.4) is 0 Å². The first-order valence-corrected chi connectivity index (χ1v) is 17.2. The Morgan fingerprint density at radius 2 is 1.05 bits per heavy atom. The second-order valence-corrected chi connectivity index (χ2v) is 12.8. The van der Waals surface area contributed by atoms with Crippen LogP contribution in [0.25, 0.3) is 0 Å². The van der Waals surface area contributed by atoms with Gasteiger partial charge in [-0.1, -0.05) is 117 Å². The van der Waals surface area contributed by atoms with E-state index >= 15 is 0 Å². The number of aliphatic carboxylic acids is 1. The molecule has 0 spiro atoms. The van der Waals surface area contributed by atoms with E-state index < -0.39 is 24.3 Å². The number of esters is 2. The number of carbonyl (C=O) groups excluding carboxylic acids is 2. The lowest BCUT2D eigenvalue weighted by atomic mass is 10.1. The van der Waals surface area contributed by atoms with Crippen LogP contribution >= 0.6 is 0 Å². The molecule has 0 rings (SSSR count). The molecule has 0 aromatic carbocycles. The van der Waals surface area contributed by atoms with Crippen molar-refractivity contribution in [3.05, 3.63) is 0 Å². The van der Waals surface area contributed by atoms with Crippen molar-refractivity contribution in [2.24, 2.45) is 0 Å². The third-order valence-corrected chi connectivity index (χ3v) is 7.36. The number of nitrogens with zero attached hydrogens (tertiary/aromatic N) is 1. The predicted octanol–water partition coefficient (Wildman–Crippen LogP) is 7.43. The first kappa shape index (κ1) is 41.3. The summed E-state index contributed by atoms with van der Waals surface area (Å²) in [6.07, 6.45) is 18.9. The van der Waals surface area contributed by atoms with Gasteiger partial charge in [-0.3, -0.25) is 9.59 Å². The zero-order valence-electron chi connectivity index (χ0n) is 28.4. The van der Waals surface area contributed by atoms with Crippen molar-refractivity contribution >= 4 is 17.9 Å². The number of carboxylic acids is 1. The van der Waals surface area contributed by atoms with Gasteiger partial charge >= 0.3 is 17.9 Å². The SMILES string of the molecule is CCCCCCCCCCCC(=O)OCC(COC(OCC[N+](C)(C)C)C(=O)O)OC(=O)CCCCCCCCCCC. The van der Waals surface area contributed by atoms with Gasteiger partial charge in [0, 0.05) is 12.8 Å². The number of likely N-dealkylation sites (N-methyl/N-ethyl adjacent to an activating group) is 1. The molecule has 0 radical (unpaired) electrons. The molecule has 0 aliphatic carbocycles. The van der Waals surface area contributed by atoms with E-state index in [1.165, 1.54) is 77.0 Å². The Morgan fingerprint density at radius 1 is 0.605 bits per heavy atom. The summed E-state index contributed by atoms with van der Waals surface area (Å²) in [7, 11) is 5.93. The van der Waals surface area contributed by atoms with E-state index in [2.05, 4.69) is 13.8 Å². The molecule has 0 bridgehead atoms. The summed E-state index contributed by atoms with van der Waals surface area (Å²) in [5, 5.41) is 9.53. The zero-order chi connectivity index (χ0) is 32.2. The fourth-order valence-corrected chi connectivity index (χ4v) is 4.60. The van der Waals surface area contributed by atoms with Gasteiger partial charge < -0.3 is 28.5 Å². The maximum Gasteiger partial charge on any atom is 0.361 e. The van der Waals surface area contributed by atoms with Crippen molar-refractivity contribution in [1.82, 2.24) is 0 Å². The number of carbonyl (C=O) groups is 3. The molecule has 2 atom stereocenters. The van der Waals surface area contributed by atoms with E-state index in [1.54, 1.807) is 0 Å². The van der Waals surface area contributed by atoms with Crippen molar-refractivity contribution in [2.45, 2.75) is 155 Å². The van der Waals surface area contributed by atoms with Gasteiger partial charge in [-0.05, 0) is 12.8 Å². The van der Waals surface area contributed by atoms with E-state index in [0.717, 1.165) is 38.5 Å². The van der Waals surface area contributed by atoms with Crippen LogP contribution in [0.15, 0.2) is 0 Å². The summed E-state index contributed by atoms with van der Waals surface area (Å²) in [5.41, 5.74) is 0. The Kier molecular flexibility index (Phi) is 26.7. The maximum atomic E-state index is 12.6. The second-order valence-electron chi connectivity index (χ2n) is 12.8. The summed E-state index contributed by atoms with van der Waals surface area (Å²) in [4.78, 5) is 36.6. The Hall–Kier alpha value is -1.71. The Morgan fingerprint density at radius 3 is 1.49 bits per heavy atom. The fourth-order valence-electron chi connectivity index (χ4n) is 4.60. The van der Waals surface area contributed by atoms with Crippen molar-refractivity contribution in [2.75, 3.05) is 47.5 Å². The number of unbranched alkanes of at least 4 members (excludes halogenated alkanes) is 16. The second kappa shape index (κ2) is 27.8. The Labute approximate surface area is 262 Å². The van der Waals surface area contributed by atoms with E-state index in [0.29, 0.717) is 17.4 Å². The minimum absolute atomic E-state index is 0.176. The highest BCUT2D eigenvalue weighted by atomic mass is 16.7. The summed E-state index contributed by atoms with van der Waals surface area (Å²) in [5.74, 6) is -2.01. The topological polar surface area (TPSA) is 108 Å². The van der Waals surface area contributed by atoms with Gasteiger partial charge in [0.15, 0.2) is 6.10 Å². The standard InChI is InChI=1S/C34H65NO8/c1-6-8-10-12-14-16-18-20-22-24-31(36)41-28-30(29-42-34(33(38)39)40-27-26-35(3,4)5)43-32(37)25-23-21-19-17-15-13-11-9-7-2/h30,34H,6-29H2,1-5H3/p+1. The van der Waals surface area contributed by atoms with Crippen LogP contribution < -0.4 is 0 Å². The summed E-state index contributed by atoms with van der Waals surface area (Å²) in [6.45, 7) is 4.80. The van der Waals surface area contributed by atoms with Gasteiger partial charge in [0.1, 0.15) is 13.2 Å². The van der Waals surface area contributed by atoms with Crippen molar-refractivity contribution in [3.63, 3.8) is 0 Å². The van der Waals surface area contributed by atoms with Crippen LogP contribution in [-0.4, -0.2) is 87.4 Å². The minimum atomic E-state index is -1.50. The molecule has 0 aliphatic rings. The highest BCUT2D eigenvalue weighted by molar-refractivity contribution is 5.71. The normalized spacial score (nSPS) is 13.0. The molecule has 0 aromatic rings. The van der Waals surface area contributed by atoms with Gasteiger partial charge in [0.05, 0.1) is 34.4 Å². The Bertz CT molecular complexity index is 694. The largest absolute Gasteiger partial charge is 0.477 e. The van der Waals surface area contributed by atoms with Crippen LogP contribution in [0.2, 0.25) is 0 Å². The van der Waals surface area contributed by atoms with Crippen LogP contribution in [0.1, 0.15) is 142 Å². The van der Waals surface area contributed by atoms with Crippen LogP contribution in [0.4, 0.5) is 0 Å². The van der Waals surface area contributed by atoms with Gasteiger partial charge in [-0.2, -0.15) is 0 Å². The number of hydrogen-bond acceptors (Lipinski definition) is 7. The maximum absolute atomic E-state index is 12.6. The number of hydrogen-bond donors (Lipinski definition) is 1. The van der Waals surface area contributed by atoms with E-state index in [4.69, 9.17) is 18.9 Å². The number of ether oxygens (including phenoxy) is 4. The smallest absolute Gasteiger partial charge is 0.361 e. The first-order chi connectivity index (χ1) is 20.6. The summed E-state index contributed by atoms with van der Waals surface area (Å²) in [6, 6.07) is 0. The Balaban J connectivity index is 4.60. The van der Waals surface area contributed by atoms with Crippen LogP contribution in [-0.2, 0) is 33.3 Å². The molecule has 9 nitrogen and oxygen atoms in total. The van der Waals surface area contributed by atoms with E-state index in [1.807, 2.05) is 21.1 Å². The highest BCUT2D eigenvalue weighted by Crippen LogP contribution is 2.13. The van der Waals surface area contributed by atoms with Crippen molar-refractivity contribution < 1.29 is 42.9 Å². The molecule has 0 saturated heterocycles. The predicted molar refractivity (Wildman–Crippen MR) is 171 cm³/mol. The molecule has 254 valence electrons. The third kappa shape index (κ3) is 28.8. The van der Waals surface area contributed by atoms with Gasteiger partial charge in [-0.25, -0.2) is 4.79 Å². The molecular formula is C34H66NO8+. The molecule has 0 aromatic heterocycles. The van der Waals surface area contributed by atoms with Crippen LogP contribution in [0, 0.1) is 0 Å². The summed E-state index contributed by atoms with van der Waals surface area (Å²) >= 11 is 0. The lowest BCUT2D eigenvalue weighted by molar-refractivity contribution is -0.870. The highest BCUT2D eigenvalue weighted by Gasteiger charge is 2.25. The lowest BCUT2D eigenvalue weighted by Crippen LogP contribution is -2.40. The van der Waals surface area contributed by atoms with Gasteiger partial charge in [0.2, 0.25) is 0 Å². The average Bonchev–Trinajstić information content (AvgIpc) is 2.94. The van der Waals surface area contributed by atoms with Crippen molar-refractivity contribution in [3.8, 4) is 0 Å². The molecule has 1 N–H and O–H groups in total.